The third-order valence-electron chi connectivity index (χ3n) is 5.60. The third-order valence-corrected chi connectivity index (χ3v) is 5.60. The van der Waals surface area contributed by atoms with Crippen molar-refractivity contribution in [2.45, 2.75) is 25.8 Å². The van der Waals surface area contributed by atoms with Gasteiger partial charge >= 0.3 is 0 Å². The van der Waals surface area contributed by atoms with Crippen LogP contribution in [0.4, 0.5) is 10.1 Å². The van der Waals surface area contributed by atoms with Gasteiger partial charge in [-0.15, -0.1) is 0 Å². The van der Waals surface area contributed by atoms with Gasteiger partial charge in [-0.1, -0.05) is 12.1 Å². The van der Waals surface area contributed by atoms with E-state index in [0.29, 0.717) is 36.0 Å². The highest BCUT2D eigenvalue weighted by Gasteiger charge is 2.23. The molecule has 1 unspecified atom stereocenters. The Morgan fingerprint density at radius 2 is 1.86 bits per heavy atom. The van der Waals surface area contributed by atoms with Crippen molar-refractivity contribution in [3.05, 3.63) is 84.3 Å². The molecule has 0 bridgehead atoms. The van der Waals surface area contributed by atoms with E-state index in [-0.39, 0.29) is 23.4 Å². The Kier molecular flexibility index (Phi) is 7.79. The predicted octanol–water partition coefficient (Wildman–Crippen LogP) is 4.88. The summed E-state index contributed by atoms with van der Waals surface area (Å²) in [5.74, 6) is 0.264. The Morgan fingerprint density at radius 1 is 1.11 bits per heavy atom. The van der Waals surface area contributed by atoms with Gasteiger partial charge in [0.1, 0.15) is 28.6 Å². The van der Waals surface area contributed by atoms with E-state index in [0.717, 1.165) is 12.8 Å². The number of likely N-dealkylation sites (tertiary alicyclic amines) is 1. The quantitative estimate of drug-likeness (QED) is 0.436. The number of hydrogen-bond acceptors (Lipinski definition) is 6. The SMILES string of the molecule is CC=CC(=O)N1CCCC(Nc2cnc(Oc3ccc(Oc4cccc(F)c4)cc3)c(C(N)=O)c2)C1. The minimum absolute atomic E-state index is 0.0175. The Morgan fingerprint density at radius 3 is 2.56 bits per heavy atom. The topological polar surface area (TPSA) is 107 Å². The summed E-state index contributed by atoms with van der Waals surface area (Å²) in [7, 11) is 0. The predicted molar refractivity (Wildman–Crippen MR) is 134 cm³/mol. The monoisotopic (exact) mass is 490 g/mol. The van der Waals surface area contributed by atoms with Gasteiger partial charge in [0.15, 0.2) is 0 Å². The van der Waals surface area contributed by atoms with Gasteiger partial charge in [-0.2, -0.15) is 0 Å². The number of nitrogens with one attached hydrogen (secondary N) is 1. The molecule has 9 heteroatoms. The molecule has 1 atom stereocenters. The lowest BCUT2D eigenvalue weighted by molar-refractivity contribution is -0.127. The first-order chi connectivity index (χ1) is 17.4. The van der Waals surface area contributed by atoms with E-state index < -0.39 is 11.7 Å². The van der Waals surface area contributed by atoms with E-state index in [1.54, 1.807) is 65.7 Å². The van der Waals surface area contributed by atoms with E-state index in [1.165, 1.54) is 12.1 Å². The number of piperidine rings is 1. The summed E-state index contributed by atoms with van der Waals surface area (Å²) in [6.07, 6.45) is 6.61. The number of carbonyl (C=O) groups is 2. The largest absolute Gasteiger partial charge is 0.457 e. The van der Waals surface area contributed by atoms with Crippen LogP contribution in [-0.2, 0) is 4.79 Å². The number of anilines is 1. The second-order valence-corrected chi connectivity index (χ2v) is 8.34. The minimum atomic E-state index is -0.680. The number of benzene rings is 2. The van der Waals surface area contributed by atoms with Crippen molar-refractivity contribution in [3.8, 4) is 23.1 Å². The fourth-order valence-corrected chi connectivity index (χ4v) is 3.92. The summed E-state index contributed by atoms with van der Waals surface area (Å²) in [5, 5.41) is 3.34. The number of carbonyl (C=O) groups excluding carboxylic acids is 2. The zero-order chi connectivity index (χ0) is 25.5. The number of amides is 2. The Bertz CT molecular complexity index is 1260. The standard InChI is InChI=1S/C27H27FN4O4/c1-2-5-25(33)32-13-4-7-19(17-32)31-20-15-24(26(29)34)27(30-16-20)36-22-11-9-21(10-12-22)35-23-8-3-6-18(28)14-23/h2-3,5-6,8-12,14-16,19,31H,4,7,13,17H2,1H3,(H2,29,34). The lowest BCUT2D eigenvalue weighted by atomic mass is 10.0. The maximum absolute atomic E-state index is 13.3. The molecule has 1 aromatic heterocycles. The molecule has 4 rings (SSSR count). The summed E-state index contributed by atoms with van der Waals surface area (Å²) in [4.78, 5) is 30.4. The van der Waals surface area contributed by atoms with Gasteiger partial charge in [0.05, 0.1) is 11.9 Å². The number of pyridine rings is 1. The summed E-state index contributed by atoms with van der Waals surface area (Å²) in [6.45, 7) is 3.08. The normalized spacial score (nSPS) is 15.5. The molecule has 36 heavy (non-hydrogen) atoms. The number of ether oxygens (including phenoxy) is 2. The van der Waals surface area contributed by atoms with Crippen LogP contribution in [0.25, 0.3) is 0 Å². The molecule has 0 radical (unpaired) electrons. The second-order valence-electron chi connectivity index (χ2n) is 8.34. The number of aromatic nitrogens is 1. The first-order valence-corrected chi connectivity index (χ1v) is 11.6. The number of rotatable bonds is 8. The van der Waals surface area contributed by atoms with E-state index in [2.05, 4.69) is 10.3 Å². The van der Waals surface area contributed by atoms with E-state index in [9.17, 15) is 14.0 Å². The van der Waals surface area contributed by atoms with Crippen molar-refractivity contribution in [3.63, 3.8) is 0 Å². The average Bonchev–Trinajstić information content (AvgIpc) is 2.86. The molecule has 8 nitrogen and oxygen atoms in total. The van der Waals surface area contributed by atoms with Gasteiger partial charge in [-0.25, -0.2) is 9.37 Å². The van der Waals surface area contributed by atoms with Crippen LogP contribution in [0.2, 0.25) is 0 Å². The molecule has 1 saturated heterocycles. The van der Waals surface area contributed by atoms with Gasteiger partial charge in [-0.05, 0) is 68.3 Å². The van der Waals surface area contributed by atoms with Crippen LogP contribution in [0.1, 0.15) is 30.1 Å². The van der Waals surface area contributed by atoms with Crippen LogP contribution in [0.3, 0.4) is 0 Å². The molecule has 1 fully saturated rings. The van der Waals surface area contributed by atoms with Crippen molar-refractivity contribution < 1.29 is 23.5 Å². The van der Waals surface area contributed by atoms with Gasteiger partial charge in [0.2, 0.25) is 11.8 Å². The summed E-state index contributed by atoms with van der Waals surface area (Å²) < 4.78 is 24.8. The van der Waals surface area contributed by atoms with Crippen LogP contribution in [-0.4, -0.2) is 40.8 Å². The van der Waals surface area contributed by atoms with Crippen molar-refractivity contribution in [2.24, 2.45) is 5.73 Å². The number of nitrogens with two attached hydrogens (primary N) is 1. The van der Waals surface area contributed by atoms with Crippen LogP contribution in [0.5, 0.6) is 23.1 Å². The zero-order valence-electron chi connectivity index (χ0n) is 19.8. The molecule has 2 aromatic carbocycles. The number of nitrogens with zero attached hydrogens (tertiary/aromatic N) is 2. The average molecular weight is 491 g/mol. The molecule has 1 aliphatic heterocycles. The highest BCUT2D eigenvalue weighted by molar-refractivity contribution is 5.96. The molecule has 3 aromatic rings. The maximum atomic E-state index is 13.3. The number of halogens is 1. The first-order valence-electron chi connectivity index (χ1n) is 11.6. The Labute approximate surface area is 208 Å². The lowest BCUT2D eigenvalue weighted by Gasteiger charge is -2.33. The van der Waals surface area contributed by atoms with E-state index in [1.807, 2.05) is 6.92 Å². The summed E-state index contributed by atoms with van der Waals surface area (Å²) in [6, 6.07) is 14.1. The minimum Gasteiger partial charge on any atom is -0.457 e. The van der Waals surface area contributed by atoms with E-state index >= 15 is 0 Å². The molecular formula is C27H27FN4O4. The number of hydrogen-bond donors (Lipinski definition) is 2. The van der Waals surface area contributed by atoms with Crippen molar-refractivity contribution in [1.29, 1.82) is 0 Å². The summed E-state index contributed by atoms with van der Waals surface area (Å²) in [5.41, 5.74) is 6.32. The first kappa shape index (κ1) is 24.7. The molecule has 0 saturated carbocycles. The maximum Gasteiger partial charge on any atom is 0.254 e. The third kappa shape index (κ3) is 6.38. The van der Waals surface area contributed by atoms with Gasteiger partial charge in [0, 0.05) is 25.2 Å². The van der Waals surface area contributed by atoms with Gasteiger partial charge in [0.25, 0.3) is 5.91 Å². The Hall–Kier alpha value is -4.40. The smallest absolute Gasteiger partial charge is 0.254 e. The van der Waals surface area contributed by atoms with Crippen LogP contribution >= 0.6 is 0 Å². The Balaban J connectivity index is 1.43. The second kappa shape index (κ2) is 11.4. The van der Waals surface area contributed by atoms with Crippen LogP contribution in [0.15, 0.2) is 72.9 Å². The van der Waals surface area contributed by atoms with Gasteiger partial charge in [-0.3, -0.25) is 9.59 Å². The molecule has 3 N–H and O–H groups in total. The highest BCUT2D eigenvalue weighted by Crippen LogP contribution is 2.29. The molecule has 2 heterocycles. The van der Waals surface area contributed by atoms with Crippen molar-refractivity contribution >= 4 is 17.5 Å². The van der Waals surface area contributed by atoms with Crippen LogP contribution < -0.4 is 20.5 Å². The molecule has 2 amide bonds. The molecule has 186 valence electrons. The van der Waals surface area contributed by atoms with E-state index in [4.69, 9.17) is 15.2 Å². The molecule has 1 aliphatic rings. The van der Waals surface area contributed by atoms with Crippen molar-refractivity contribution in [1.82, 2.24) is 9.88 Å². The lowest BCUT2D eigenvalue weighted by Crippen LogP contribution is -2.44. The van der Waals surface area contributed by atoms with Crippen molar-refractivity contribution in [2.75, 3.05) is 18.4 Å². The fraction of sp³-hybridized carbons (Fsp3) is 0.222. The zero-order valence-corrected chi connectivity index (χ0v) is 19.8. The molecular weight excluding hydrogens is 463 g/mol. The highest BCUT2D eigenvalue weighted by atomic mass is 19.1. The molecule has 0 aliphatic carbocycles. The number of primary amides is 1. The molecule has 0 spiro atoms. The van der Waals surface area contributed by atoms with Gasteiger partial charge < -0.3 is 25.4 Å². The fourth-order valence-electron chi connectivity index (χ4n) is 3.92. The number of allylic oxidation sites excluding steroid dienone is 1. The van der Waals surface area contributed by atoms with Crippen LogP contribution in [0, 0.1) is 5.82 Å². The summed E-state index contributed by atoms with van der Waals surface area (Å²) >= 11 is 0.